The standard InChI is InChI=1S/C17H17ClN6O2/c1-4-9-24-13-14(23(3)17(26)20-15(13)25)19-16(24)22-21-10(2)11-5-7-12(18)8-6-11/h4-8H,1,9H2,2-3H3,(H,19,22)(H,20,25,26)/b21-10-. The van der Waals surface area contributed by atoms with E-state index in [2.05, 4.69) is 27.1 Å². The van der Waals surface area contributed by atoms with Crippen molar-refractivity contribution in [3.63, 3.8) is 0 Å². The first-order valence-electron chi connectivity index (χ1n) is 7.79. The van der Waals surface area contributed by atoms with Gasteiger partial charge in [0.2, 0.25) is 5.95 Å². The van der Waals surface area contributed by atoms with Gasteiger partial charge in [-0.2, -0.15) is 10.1 Å². The topological polar surface area (TPSA) is 97.1 Å². The summed E-state index contributed by atoms with van der Waals surface area (Å²) in [5.41, 5.74) is 3.96. The SMILES string of the molecule is C=CCn1c(N/N=C(/C)c2ccc(Cl)cc2)nc2c1c(=O)[nH]c(=O)n2C. The fourth-order valence-electron chi connectivity index (χ4n) is 2.52. The highest BCUT2D eigenvalue weighted by Gasteiger charge is 2.16. The minimum atomic E-state index is -0.529. The number of aromatic nitrogens is 4. The third kappa shape index (κ3) is 3.18. The van der Waals surface area contributed by atoms with Crippen molar-refractivity contribution in [2.45, 2.75) is 13.5 Å². The fraction of sp³-hybridized carbons (Fsp3) is 0.176. The van der Waals surface area contributed by atoms with Gasteiger partial charge in [0.25, 0.3) is 5.56 Å². The van der Waals surface area contributed by atoms with Crippen LogP contribution in [0.1, 0.15) is 12.5 Å². The molecular weight excluding hydrogens is 356 g/mol. The molecule has 8 nitrogen and oxygen atoms in total. The molecule has 26 heavy (non-hydrogen) atoms. The molecule has 0 saturated heterocycles. The van der Waals surface area contributed by atoms with Crippen molar-refractivity contribution >= 4 is 34.4 Å². The lowest BCUT2D eigenvalue weighted by Crippen LogP contribution is -2.29. The van der Waals surface area contributed by atoms with Crippen LogP contribution in [0, 0.1) is 0 Å². The van der Waals surface area contributed by atoms with Crippen LogP contribution in [0.5, 0.6) is 0 Å². The second-order valence-electron chi connectivity index (χ2n) is 5.64. The average Bonchev–Trinajstić information content (AvgIpc) is 2.98. The summed E-state index contributed by atoms with van der Waals surface area (Å²) >= 11 is 5.89. The predicted octanol–water partition coefficient (Wildman–Crippen LogP) is 2.10. The molecule has 0 spiro atoms. The Morgan fingerprint density at radius 1 is 1.38 bits per heavy atom. The van der Waals surface area contributed by atoms with E-state index in [1.807, 2.05) is 19.1 Å². The monoisotopic (exact) mass is 372 g/mol. The number of rotatable bonds is 5. The number of hydrogen-bond acceptors (Lipinski definition) is 5. The van der Waals surface area contributed by atoms with E-state index in [1.165, 1.54) is 11.6 Å². The van der Waals surface area contributed by atoms with E-state index in [4.69, 9.17) is 11.6 Å². The van der Waals surface area contributed by atoms with Gasteiger partial charge >= 0.3 is 5.69 Å². The van der Waals surface area contributed by atoms with Crippen LogP contribution in [0.2, 0.25) is 5.02 Å². The molecule has 3 rings (SSSR count). The summed E-state index contributed by atoms with van der Waals surface area (Å²) in [7, 11) is 1.54. The van der Waals surface area contributed by atoms with E-state index in [9.17, 15) is 9.59 Å². The number of fused-ring (bicyclic) bond motifs is 1. The molecule has 0 radical (unpaired) electrons. The van der Waals surface area contributed by atoms with Crippen LogP contribution in [0.4, 0.5) is 5.95 Å². The molecule has 3 aromatic rings. The van der Waals surface area contributed by atoms with Crippen LogP contribution in [0.15, 0.2) is 51.6 Å². The summed E-state index contributed by atoms with van der Waals surface area (Å²) < 4.78 is 2.89. The first kappa shape index (κ1) is 17.7. The Kier molecular flexibility index (Phi) is 4.77. The maximum atomic E-state index is 12.2. The molecule has 1 aromatic carbocycles. The third-order valence-corrected chi connectivity index (χ3v) is 4.16. The summed E-state index contributed by atoms with van der Waals surface area (Å²) in [5.74, 6) is 0.333. The third-order valence-electron chi connectivity index (χ3n) is 3.90. The number of nitrogens with one attached hydrogen (secondary N) is 2. The predicted molar refractivity (Wildman–Crippen MR) is 103 cm³/mol. The molecule has 0 unspecified atom stereocenters. The molecule has 2 N–H and O–H groups in total. The maximum Gasteiger partial charge on any atom is 0.329 e. The minimum Gasteiger partial charge on any atom is -0.299 e. The van der Waals surface area contributed by atoms with Gasteiger partial charge in [0.1, 0.15) is 0 Å². The van der Waals surface area contributed by atoms with Gasteiger partial charge in [-0.25, -0.2) is 10.2 Å². The summed E-state index contributed by atoms with van der Waals surface area (Å²) in [6.45, 7) is 5.86. The van der Waals surface area contributed by atoms with Crippen LogP contribution in [0.25, 0.3) is 11.2 Å². The quantitative estimate of drug-likeness (QED) is 0.407. The highest BCUT2D eigenvalue weighted by molar-refractivity contribution is 6.30. The van der Waals surface area contributed by atoms with Crippen molar-refractivity contribution in [1.82, 2.24) is 19.1 Å². The smallest absolute Gasteiger partial charge is 0.299 e. The van der Waals surface area contributed by atoms with Crippen LogP contribution >= 0.6 is 11.6 Å². The molecule has 0 aliphatic heterocycles. The fourth-order valence-corrected chi connectivity index (χ4v) is 2.64. The molecule has 0 aliphatic carbocycles. The van der Waals surface area contributed by atoms with E-state index in [-0.39, 0.29) is 11.2 Å². The number of imidazole rings is 1. The highest BCUT2D eigenvalue weighted by atomic mass is 35.5. The number of hydrogen-bond donors (Lipinski definition) is 2. The molecule has 2 aromatic heterocycles. The normalized spacial score (nSPS) is 11.7. The van der Waals surface area contributed by atoms with Crippen LogP contribution < -0.4 is 16.7 Å². The number of hydrazone groups is 1. The number of benzene rings is 1. The zero-order chi connectivity index (χ0) is 18.8. The van der Waals surface area contributed by atoms with Crippen molar-refractivity contribution in [2.24, 2.45) is 12.1 Å². The van der Waals surface area contributed by atoms with Crippen molar-refractivity contribution in [3.05, 3.63) is 68.3 Å². The van der Waals surface area contributed by atoms with Crippen LogP contribution in [-0.4, -0.2) is 24.8 Å². The van der Waals surface area contributed by atoms with Crippen LogP contribution in [0.3, 0.4) is 0 Å². The summed E-state index contributed by atoms with van der Waals surface area (Å²) in [5, 5.41) is 4.96. The lowest BCUT2D eigenvalue weighted by molar-refractivity contribution is 0.819. The molecule has 134 valence electrons. The van der Waals surface area contributed by atoms with E-state index in [0.717, 1.165) is 5.56 Å². The number of aromatic amines is 1. The van der Waals surface area contributed by atoms with Crippen molar-refractivity contribution in [2.75, 3.05) is 5.43 Å². The van der Waals surface area contributed by atoms with E-state index in [0.29, 0.717) is 23.2 Å². The Balaban J connectivity index is 2.07. The molecule has 0 atom stereocenters. The molecule has 9 heteroatoms. The zero-order valence-electron chi connectivity index (χ0n) is 14.3. The zero-order valence-corrected chi connectivity index (χ0v) is 15.0. The second kappa shape index (κ2) is 7.01. The van der Waals surface area contributed by atoms with Crippen molar-refractivity contribution < 1.29 is 0 Å². The molecule has 0 aliphatic rings. The summed E-state index contributed by atoms with van der Waals surface area (Å²) in [4.78, 5) is 30.6. The van der Waals surface area contributed by atoms with Crippen LogP contribution in [-0.2, 0) is 13.6 Å². The van der Waals surface area contributed by atoms with Gasteiger partial charge in [-0.1, -0.05) is 29.8 Å². The number of nitrogens with zero attached hydrogens (tertiary/aromatic N) is 4. The lowest BCUT2D eigenvalue weighted by atomic mass is 10.1. The first-order valence-corrected chi connectivity index (χ1v) is 8.17. The Morgan fingerprint density at radius 2 is 2.08 bits per heavy atom. The van der Waals surface area contributed by atoms with Gasteiger partial charge in [-0.3, -0.25) is 18.9 Å². The lowest BCUT2D eigenvalue weighted by Gasteiger charge is -2.06. The Labute approximate surface area is 153 Å². The number of H-pyrrole nitrogens is 1. The molecule has 0 bridgehead atoms. The Hall–Kier alpha value is -3.13. The Morgan fingerprint density at radius 3 is 2.73 bits per heavy atom. The largest absolute Gasteiger partial charge is 0.329 e. The molecule has 2 heterocycles. The maximum absolute atomic E-state index is 12.2. The molecular formula is C17H17ClN6O2. The average molecular weight is 373 g/mol. The van der Waals surface area contributed by atoms with Gasteiger partial charge in [-0.05, 0) is 24.6 Å². The number of anilines is 1. The molecule has 0 fully saturated rings. The van der Waals surface area contributed by atoms with Gasteiger partial charge in [0, 0.05) is 18.6 Å². The first-order chi connectivity index (χ1) is 12.4. The van der Waals surface area contributed by atoms with Gasteiger partial charge < -0.3 is 0 Å². The summed E-state index contributed by atoms with van der Waals surface area (Å²) in [6.07, 6.45) is 1.63. The van der Waals surface area contributed by atoms with Gasteiger partial charge in [0.05, 0.1) is 5.71 Å². The van der Waals surface area contributed by atoms with Gasteiger partial charge in [-0.15, -0.1) is 6.58 Å². The van der Waals surface area contributed by atoms with Crippen molar-refractivity contribution in [3.8, 4) is 0 Å². The minimum absolute atomic E-state index is 0.266. The number of halogens is 1. The second-order valence-corrected chi connectivity index (χ2v) is 6.08. The summed E-state index contributed by atoms with van der Waals surface area (Å²) in [6, 6.07) is 7.25. The number of allylic oxidation sites excluding steroid dienone is 1. The number of aryl methyl sites for hydroxylation is 1. The van der Waals surface area contributed by atoms with Gasteiger partial charge in [0.15, 0.2) is 11.2 Å². The van der Waals surface area contributed by atoms with Crippen molar-refractivity contribution in [1.29, 1.82) is 0 Å². The van der Waals surface area contributed by atoms with E-state index < -0.39 is 11.2 Å². The van der Waals surface area contributed by atoms with E-state index >= 15 is 0 Å². The molecule has 0 saturated carbocycles. The Bertz CT molecular complexity index is 1120. The highest BCUT2D eigenvalue weighted by Crippen LogP contribution is 2.16. The molecule has 0 amide bonds. The van der Waals surface area contributed by atoms with E-state index in [1.54, 1.807) is 22.8 Å².